The summed E-state index contributed by atoms with van der Waals surface area (Å²) in [7, 11) is 0. The first-order chi connectivity index (χ1) is 18.1. The molecular formula is C28H44N8O. The van der Waals surface area contributed by atoms with E-state index in [1.165, 1.54) is 44.9 Å². The van der Waals surface area contributed by atoms with Crippen LogP contribution >= 0.6 is 0 Å². The van der Waals surface area contributed by atoms with Gasteiger partial charge in [0.1, 0.15) is 0 Å². The molecule has 9 nitrogen and oxygen atoms in total. The van der Waals surface area contributed by atoms with Crippen LogP contribution in [0.15, 0.2) is 6.33 Å². The Labute approximate surface area is 220 Å². The number of hydrogen-bond donors (Lipinski definition) is 3. The Bertz CT molecular complexity index is 1060. The molecule has 6 rings (SSSR count). The van der Waals surface area contributed by atoms with E-state index in [4.69, 9.17) is 20.7 Å². The van der Waals surface area contributed by atoms with Crippen molar-refractivity contribution in [1.82, 2.24) is 24.4 Å². The van der Waals surface area contributed by atoms with Crippen molar-refractivity contribution in [2.24, 2.45) is 11.7 Å². The molecule has 0 unspecified atom stereocenters. The summed E-state index contributed by atoms with van der Waals surface area (Å²) in [5.74, 6) is 2.16. The zero-order valence-electron chi connectivity index (χ0n) is 22.2. The molecule has 0 radical (unpaired) electrons. The van der Waals surface area contributed by atoms with Crippen LogP contribution in [0.4, 0.5) is 11.8 Å². The van der Waals surface area contributed by atoms with E-state index < -0.39 is 0 Å². The first kappa shape index (κ1) is 24.9. The third kappa shape index (κ3) is 5.56. The van der Waals surface area contributed by atoms with Gasteiger partial charge < -0.3 is 25.8 Å². The second-order valence-corrected chi connectivity index (χ2v) is 12.0. The number of aromatic nitrogens is 4. The molecule has 4 fully saturated rings. The number of nitrogens with zero attached hydrogens (tertiary/aromatic N) is 5. The van der Waals surface area contributed by atoms with E-state index in [2.05, 4.69) is 20.1 Å². The second kappa shape index (κ2) is 11.1. The van der Waals surface area contributed by atoms with Crippen LogP contribution in [0.1, 0.15) is 102 Å². The van der Waals surface area contributed by atoms with Crippen LogP contribution in [-0.4, -0.2) is 61.5 Å². The number of imidazole rings is 1. The summed E-state index contributed by atoms with van der Waals surface area (Å²) in [6, 6.07) is 1.44. The van der Waals surface area contributed by atoms with Gasteiger partial charge in [0.15, 0.2) is 17.0 Å². The monoisotopic (exact) mass is 508 g/mol. The highest BCUT2D eigenvalue weighted by Gasteiger charge is 2.30. The number of hydrogen-bond acceptors (Lipinski definition) is 7. The molecule has 4 N–H and O–H groups in total. The Balaban J connectivity index is 1.18. The molecule has 0 bridgehead atoms. The third-order valence-corrected chi connectivity index (χ3v) is 9.35. The number of anilines is 2. The van der Waals surface area contributed by atoms with Crippen LogP contribution < -0.4 is 16.4 Å². The molecule has 3 saturated carbocycles. The number of piperidine rings is 1. The zero-order valence-corrected chi connectivity index (χ0v) is 22.2. The van der Waals surface area contributed by atoms with E-state index in [0.717, 1.165) is 81.4 Å². The lowest BCUT2D eigenvalue weighted by molar-refractivity contribution is -0.137. The van der Waals surface area contributed by atoms with Gasteiger partial charge in [-0.05, 0) is 64.2 Å². The maximum Gasteiger partial charge on any atom is 0.227 e. The van der Waals surface area contributed by atoms with E-state index in [1.54, 1.807) is 0 Å². The van der Waals surface area contributed by atoms with Crippen LogP contribution in [0, 0.1) is 5.92 Å². The maximum atomic E-state index is 13.0. The van der Waals surface area contributed by atoms with Crippen LogP contribution in [0.25, 0.3) is 11.2 Å². The molecule has 2 aromatic rings. The van der Waals surface area contributed by atoms with Crippen molar-refractivity contribution in [2.45, 2.75) is 120 Å². The molecule has 202 valence electrons. The minimum absolute atomic E-state index is 0.252. The minimum Gasteiger partial charge on any atom is -0.365 e. The molecule has 1 aliphatic heterocycles. The van der Waals surface area contributed by atoms with Gasteiger partial charge in [-0.1, -0.05) is 32.1 Å². The summed E-state index contributed by atoms with van der Waals surface area (Å²) in [6.45, 7) is 1.65. The van der Waals surface area contributed by atoms with E-state index >= 15 is 0 Å². The lowest BCUT2D eigenvalue weighted by Crippen LogP contribution is -2.45. The summed E-state index contributed by atoms with van der Waals surface area (Å²) in [5, 5.41) is 7.35. The number of nitrogens with two attached hydrogens (primary N) is 1. The van der Waals surface area contributed by atoms with Crippen molar-refractivity contribution in [2.75, 3.05) is 23.7 Å². The van der Waals surface area contributed by atoms with Crippen molar-refractivity contribution in [3.8, 4) is 0 Å². The standard InChI is InChI=1S/C28H44N8O/c29-20-10-12-21(13-11-20)32-28-33-25(24-26(34-28)36(18-30-24)23-8-4-5-9-23)31-22-14-16-35(17-15-22)27(37)19-6-2-1-3-7-19/h18-23H,1-17,29H2,(H2,31,32,33,34)/t20-,21-. The molecule has 1 saturated heterocycles. The van der Waals surface area contributed by atoms with E-state index in [1.807, 2.05) is 6.33 Å². The Kier molecular flexibility index (Phi) is 7.49. The molecule has 0 aromatic carbocycles. The molecule has 3 heterocycles. The zero-order chi connectivity index (χ0) is 25.2. The summed E-state index contributed by atoms with van der Waals surface area (Å²) in [6.07, 6.45) is 18.8. The van der Waals surface area contributed by atoms with Crippen molar-refractivity contribution >= 4 is 28.8 Å². The first-order valence-corrected chi connectivity index (χ1v) is 15.0. The average Bonchev–Trinajstić information content (AvgIpc) is 3.61. The topological polar surface area (TPSA) is 114 Å². The molecule has 4 aliphatic rings. The van der Waals surface area contributed by atoms with Gasteiger partial charge in [0.25, 0.3) is 0 Å². The van der Waals surface area contributed by atoms with Gasteiger partial charge in [-0.2, -0.15) is 9.97 Å². The van der Waals surface area contributed by atoms with E-state index in [9.17, 15) is 4.79 Å². The molecule has 3 aliphatic carbocycles. The van der Waals surface area contributed by atoms with Gasteiger partial charge in [0, 0.05) is 43.2 Å². The van der Waals surface area contributed by atoms with Gasteiger partial charge in [-0.25, -0.2) is 4.98 Å². The fourth-order valence-electron chi connectivity index (χ4n) is 7.02. The minimum atomic E-state index is 0.252. The molecular weight excluding hydrogens is 464 g/mol. The molecule has 9 heteroatoms. The SMILES string of the molecule is N[C@H]1CC[C@H](Nc2nc(NC3CCN(C(=O)C4CCCCC4)CC3)c3ncn(C4CCCC4)c3n2)CC1. The average molecular weight is 509 g/mol. The Hall–Kier alpha value is -2.42. The highest BCUT2D eigenvalue weighted by molar-refractivity contribution is 5.84. The van der Waals surface area contributed by atoms with Crippen molar-refractivity contribution in [1.29, 1.82) is 0 Å². The fraction of sp³-hybridized carbons (Fsp3) is 0.786. The highest BCUT2D eigenvalue weighted by Crippen LogP contribution is 2.34. The van der Waals surface area contributed by atoms with Crippen LogP contribution in [0.2, 0.25) is 0 Å². The predicted octanol–water partition coefficient (Wildman–Crippen LogP) is 4.61. The second-order valence-electron chi connectivity index (χ2n) is 12.0. The van der Waals surface area contributed by atoms with Crippen LogP contribution in [0.3, 0.4) is 0 Å². The van der Waals surface area contributed by atoms with Crippen LogP contribution in [-0.2, 0) is 4.79 Å². The van der Waals surface area contributed by atoms with E-state index in [0.29, 0.717) is 30.0 Å². The summed E-state index contributed by atoms with van der Waals surface area (Å²) >= 11 is 0. The first-order valence-electron chi connectivity index (χ1n) is 15.0. The quantitative estimate of drug-likeness (QED) is 0.522. The van der Waals surface area contributed by atoms with E-state index in [-0.39, 0.29) is 12.0 Å². The number of carbonyl (C=O) groups excluding carboxylic acids is 1. The van der Waals surface area contributed by atoms with Crippen LogP contribution in [0.5, 0.6) is 0 Å². The van der Waals surface area contributed by atoms with Gasteiger partial charge in [-0.15, -0.1) is 0 Å². The molecule has 1 amide bonds. The lowest BCUT2D eigenvalue weighted by atomic mass is 9.87. The van der Waals surface area contributed by atoms with Crippen molar-refractivity contribution < 1.29 is 4.79 Å². The smallest absolute Gasteiger partial charge is 0.227 e. The van der Waals surface area contributed by atoms with Gasteiger partial charge in [0.2, 0.25) is 11.9 Å². The predicted molar refractivity (Wildman–Crippen MR) is 146 cm³/mol. The van der Waals surface area contributed by atoms with Gasteiger partial charge in [0.05, 0.1) is 6.33 Å². The molecule has 2 aromatic heterocycles. The Morgan fingerprint density at radius 1 is 0.811 bits per heavy atom. The molecule has 37 heavy (non-hydrogen) atoms. The Morgan fingerprint density at radius 3 is 2.22 bits per heavy atom. The molecule has 0 atom stereocenters. The summed E-state index contributed by atoms with van der Waals surface area (Å²) in [5.41, 5.74) is 7.93. The summed E-state index contributed by atoms with van der Waals surface area (Å²) < 4.78 is 2.28. The third-order valence-electron chi connectivity index (χ3n) is 9.35. The normalized spacial score (nSPS) is 26.6. The van der Waals surface area contributed by atoms with Crippen molar-refractivity contribution in [3.63, 3.8) is 0 Å². The summed E-state index contributed by atoms with van der Waals surface area (Å²) in [4.78, 5) is 29.9. The number of amides is 1. The highest BCUT2D eigenvalue weighted by atomic mass is 16.2. The fourth-order valence-corrected chi connectivity index (χ4v) is 7.02. The largest absolute Gasteiger partial charge is 0.365 e. The van der Waals surface area contributed by atoms with Gasteiger partial charge in [-0.3, -0.25) is 4.79 Å². The number of likely N-dealkylation sites (tertiary alicyclic amines) is 1. The maximum absolute atomic E-state index is 13.0. The van der Waals surface area contributed by atoms with Crippen molar-refractivity contribution in [3.05, 3.63) is 6.33 Å². The molecule has 0 spiro atoms. The number of nitrogens with one attached hydrogen (secondary N) is 2. The lowest BCUT2D eigenvalue weighted by Gasteiger charge is -2.35. The number of rotatable bonds is 6. The number of fused-ring (bicyclic) bond motifs is 1. The Morgan fingerprint density at radius 2 is 1.49 bits per heavy atom. The van der Waals surface area contributed by atoms with Gasteiger partial charge >= 0.3 is 0 Å². The number of carbonyl (C=O) groups is 1.